The van der Waals surface area contributed by atoms with Gasteiger partial charge >= 0.3 is 12.3 Å². The molecular formula is C13H14F3NO3. The van der Waals surface area contributed by atoms with Crippen molar-refractivity contribution < 1.29 is 27.4 Å². The van der Waals surface area contributed by atoms with Crippen LogP contribution in [0.3, 0.4) is 0 Å². The summed E-state index contributed by atoms with van der Waals surface area (Å²) in [5, 5.41) is 2.96. The van der Waals surface area contributed by atoms with Gasteiger partial charge in [0.25, 0.3) is 0 Å². The Bertz CT molecular complexity index is 486. The minimum absolute atomic E-state index is 0.114. The summed E-state index contributed by atoms with van der Waals surface area (Å²) in [5.41, 5.74) is 0.114. The lowest BCUT2D eigenvalue weighted by atomic mass is 10.1. The number of esters is 1. The first kappa shape index (κ1) is 14.6. The van der Waals surface area contributed by atoms with Gasteiger partial charge < -0.3 is 9.47 Å². The number of hydrogen-bond acceptors (Lipinski definition) is 4. The van der Waals surface area contributed by atoms with E-state index >= 15 is 0 Å². The molecule has 1 unspecified atom stereocenters. The number of para-hydroxylation sites is 1. The lowest BCUT2D eigenvalue weighted by molar-refractivity contribution is -0.275. The SMILES string of the molecule is COC(=O)C(NC1CC1)c1ccccc1OC(F)(F)F. The molecule has 1 aliphatic rings. The number of methoxy groups -OCH3 is 1. The molecule has 2 rings (SSSR count). The van der Waals surface area contributed by atoms with Crippen molar-refractivity contribution in [1.82, 2.24) is 5.32 Å². The molecule has 0 amide bonds. The van der Waals surface area contributed by atoms with E-state index in [1.807, 2.05) is 0 Å². The quantitative estimate of drug-likeness (QED) is 0.846. The second kappa shape index (κ2) is 5.70. The topological polar surface area (TPSA) is 47.6 Å². The standard InChI is InChI=1S/C13H14F3NO3/c1-19-12(18)11(17-8-6-7-8)9-4-2-3-5-10(9)20-13(14,15)16/h2-5,8,11,17H,6-7H2,1H3. The molecule has 110 valence electrons. The molecule has 0 aliphatic heterocycles. The Morgan fingerprint density at radius 3 is 2.55 bits per heavy atom. The summed E-state index contributed by atoms with van der Waals surface area (Å²) in [6, 6.07) is 4.70. The number of benzene rings is 1. The molecule has 7 heteroatoms. The number of halogens is 3. The smallest absolute Gasteiger partial charge is 0.468 e. The van der Waals surface area contributed by atoms with Crippen molar-refractivity contribution in [3.63, 3.8) is 0 Å². The second-order valence-electron chi connectivity index (χ2n) is 4.48. The van der Waals surface area contributed by atoms with Crippen molar-refractivity contribution in [2.45, 2.75) is 31.3 Å². The van der Waals surface area contributed by atoms with E-state index in [1.54, 1.807) is 6.07 Å². The van der Waals surface area contributed by atoms with Gasteiger partial charge in [-0.2, -0.15) is 0 Å². The van der Waals surface area contributed by atoms with Crippen LogP contribution < -0.4 is 10.1 Å². The van der Waals surface area contributed by atoms with Crippen molar-refractivity contribution >= 4 is 5.97 Å². The minimum Gasteiger partial charge on any atom is -0.468 e. The fourth-order valence-electron chi connectivity index (χ4n) is 1.82. The highest BCUT2D eigenvalue weighted by atomic mass is 19.4. The predicted octanol–water partition coefficient (Wildman–Crippen LogP) is 2.55. The second-order valence-corrected chi connectivity index (χ2v) is 4.48. The Balaban J connectivity index is 2.28. The van der Waals surface area contributed by atoms with Crippen molar-refractivity contribution in [1.29, 1.82) is 0 Å². The third-order valence-corrected chi connectivity index (χ3v) is 2.87. The molecule has 0 radical (unpaired) electrons. The van der Waals surface area contributed by atoms with Crippen LogP contribution in [0.1, 0.15) is 24.4 Å². The first-order valence-corrected chi connectivity index (χ1v) is 6.09. The molecule has 1 atom stereocenters. The van der Waals surface area contributed by atoms with Crippen LogP contribution in [0.25, 0.3) is 0 Å². The first-order chi connectivity index (χ1) is 9.40. The van der Waals surface area contributed by atoms with Crippen LogP contribution in [0.4, 0.5) is 13.2 Å². The van der Waals surface area contributed by atoms with Crippen LogP contribution in [-0.2, 0) is 9.53 Å². The van der Waals surface area contributed by atoms with Crippen LogP contribution in [0, 0.1) is 0 Å². The van der Waals surface area contributed by atoms with Crippen molar-refractivity contribution in [3.8, 4) is 5.75 Å². The van der Waals surface area contributed by atoms with Crippen LogP contribution in [0.15, 0.2) is 24.3 Å². The number of alkyl halides is 3. The lowest BCUT2D eigenvalue weighted by Crippen LogP contribution is -2.32. The number of ether oxygens (including phenoxy) is 2. The minimum atomic E-state index is -4.81. The van der Waals surface area contributed by atoms with Crippen LogP contribution in [-0.4, -0.2) is 25.5 Å². The molecule has 1 aliphatic carbocycles. The summed E-state index contributed by atoms with van der Waals surface area (Å²) in [4.78, 5) is 11.8. The van der Waals surface area contributed by atoms with Crippen LogP contribution >= 0.6 is 0 Å². The summed E-state index contributed by atoms with van der Waals surface area (Å²) in [7, 11) is 1.19. The Kier molecular flexibility index (Phi) is 4.17. The zero-order valence-electron chi connectivity index (χ0n) is 10.7. The van der Waals surface area contributed by atoms with E-state index in [9.17, 15) is 18.0 Å². The van der Waals surface area contributed by atoms with E-state index in [-0.39, 0.29) is 11.6 Å². The highest BCUT2D eigenvalue weighted by Gasteiger charge is 2.36. The highest BCUT2D eigenvalue weighted by Crippen LogP contribution is 2.33. The van der Waals surface area contributed by atoms with E-state index in [4.69, 9.17) is 0 Å². The Hall–Kier alpha value is -1.76. The van der Waals surface area contributed by atoms with Gasteiger partial charge in [0.15, 0.2) is 0 Å². The fraction of sp³-hybridized carbons (Fsp3) is 0.462. The van der Waals surface area contributed by atoms with Gasteiger partial charge in [0.05, 0.1) is 7.11 Å². The van der Waals surface area contributed by atoms with Gasteiger partial charge in [-0.25, -0.2) is 4.79 Å². The van der Waals surface area contributed by atoms with E-state index < -0.39 is 24.1 Å². The van der Waals surface area contributed by atoms with Gasteiger partial charge in [0, 0.05) is 11.6 Å². The molecule has 0 heterocycles. The molecule has 0 bridgehead atoms. The first-order valence-electron chi connectivity index (χ1n) is 6.09. The molecule has 1 saturated carbocycles. The molecular weight excluding hydrogens is 275 g/mol. The summed E-state index contributed by atoms with van der Waals surface area (Å²) >= 11 is 0. The Morgan fingerprint density at radius 2 is 2.00 bits per heavy atom. The summed E-state index contributed by atoms with van der Waals surface area (Å²) in [6.45, 7) is 0. The molecule has 20 heavy (non-hydrogen) atoms. The molecule has 1 N–H and O–H groups in total. The summed E-state index contributed by atoms with van der Waals surface area (Å²) in [5.74, 6) is -1.04. The van der Waals surface area contributed by atoms with Gasteiger partial charge in [0.1, 0.15) is 11.8 Å². The highest BCUT2D eigenvalue weighted by molar-refractivity contribution is 5.78. The predicted molar refractivity (Wildman–Crippen MR) is 64.0 cm³/mol. The van der Waals surface area contributed by atoms with E-state index in [1.165, 1.54) is 25.3 Å². The lowest BCUT2D eigenvalue weighted by Gasteiger charge is -2.20. The maximum absolute atomic E-state index is 12.4. The van der Waals surface area contributed by atoms with Crippen molar-refractivity contribution in [3.05, 3.63) is 29.8 Å². The number of rotatable bonds is 5. The van der Waals surface area contributed by atoms with Crippen LogP contribution in [0.5, 0.6) is 5.75 Å². The maximum Gasteiger partial charge on any atom is 0.573 e. The van der Waals surface area contributed by atoms with Gasteiger partial charge in [0.2, 0.25) is 0 Å². The van der Waals surface area contributed by atoms with Gasteiger partial charge in [-0.3, -0.25) is 5.32 Å². The zero-order valence-corrected chi connectivity index (χ0v) is 10.7. The van der Waals surface area contributed by atoms with Gasteiger partial charge in [-0.05, 0) is 18.9 Å². The average Bonchev–Trinajstić information content (AvgIpc) is 3.18. The van der Waals surface area contributed by atoms with Crippen molar-refractivity contribution in [2.24, 2.45) is 0 Å². The third-order valence-electron chi connectivity index (χ3n) is 2.87. The molecule has 1 fully saturated rings. The number of hydrogen-bond donors (Lipinski definition) is 1. The Labute approximate surface area is 113 Å². The summed E-state index contributed by atoms with van der Waals surface area (Å²) < 4.78 is 45.8. The third kappa shape index (κ3) is 3.86. The normalized spacial score (nSPS) is 16.6. The maximum atomic E-state index is 12.4. The zero-order chi connectivity index (χ0) is 14.8. The molecule has 4 nitrogen and oxygen atoms in total. The monoisotopic (exact) mass is 289 g/mol. The average molecular weight is 289 g/mol. The number of carbonyl (C=O) groups is 1. The fourth-order valence-corrected chi connectivity index (χ4v) is 1.82. The number of carbonyl (C=O) groups excluding carboxylic acids is 1. The van der Waals surface area contributed by atoms with E-state index in [2.05, 4.69) is 14.8 Å². The molecule has 1 aromatic rings. The summed E-state index contributed by atoms with van der Waals surface area (Å²) in [6.07, 6.45) is -3.04. The van der Waals surface area contributed by atoms with Gasteiger partial charge in [-0.15, -0.1) is 13.2 Å². The molecule has 0 aromatic heterocycles. The Morgan fingerprint density at radius 1 is 1.35 bits per heavy atom. The molecule has 1 aromatic carbocycles. The van der Waals surface area contributed by atoms with Crippen molar-refractivity contribution in [2.75, 3.05) is 7.11 Å². The largest absolute Gasteiger partial charge is 0.573 e. The molecule has 0 spiro atoms. The van der Waals surface area contributed by atoms with Gasteiger partial charge in [-0.1, -0.05) is 18.2 Å². The number of nitrogens with one attached hydrogen (secondary N) is 1. The molecule has 0 saturated heterocycles. The van der Waals surface area contributed by atoms with E-state index in [0.717, 1.165) is 12.8 Å². The van der Waals surface area contributed by atoms with E-state index in [0.29, 0.717) is 0 Å². The van der Waals surface area contributed by atoms with Crippen LogP contribution in [0.2, 0.25) is 0 Å².